The Kier molecular flexibility index (Phi) is 2.79. The first-order chi connectivity index (χ1) is 5.70. The van der Waals surface area contributed by atoms with Crippen LogP contribution in [0, 0.1) is 5.92 Å². The summed E-state index contributed by atoms with van der Waals surface area (Å²) in [4.78, 5) is 15.5. The number of ketones is 1. The van der Waals surface area contributed by atoms with Gasteiger partial charge in [0.05, 0.1) is 5.71 Å². The van der Waals surface area contributed by atoms with Crippen molar-refractivity contribution in [3.63, 3.8) is 0 Å². The van der Waals surface area contributed by atoms with E-state index in [1.807, 2.05) is 20.0 Å². The first kappa shape index (κ1) is 9.17. The molecular weight excluding hydrogens is 150 g/mol. The van der Waals surface area contributed by atoms with Crippen molar-refractivity contribution in [2.45, 2.75) is 33.6 Å². The fraction of sp³-hybridized carbons (Fsp3) is 0.600. The van der Waals surface area contributed by atoms with Crippen LogP contribution in [-0.4, -0.2) is 11.5 Å². The minimum Gasteiger partial charge on any atom is -0.293 e. The molecule has 0 aromatic heterocycles. The molecule has 0 bridgehead atoms. The molecule has 0 saturated heterocycles. The molecule has 2 heteroatoms. The monoisotopic (exact) mass is 165 g/mol. The van der Waals surface area contributed by atoms with Gasteiger partial charge < -0.3 is 0 Å². The van der Waals surface area contributed by atoms with E-state index in [-0.39, 0.29) is 11.7 Å². The van der Waals surface area contributed by atoms with Gasteiger partial charge in [0.1, 0.15) is 0 Å². The maximum Gasteiger partial charge on any atom is 0.177 e. The van der Waals surface area contributed by atoms with E-state index in [4.69, 9.17) is 0 Å². The van der Waals surface area contributed by atoms with Gasteiger partial charge in [0.15, 0.2) is 5.78 Å². The smallest absolute Gasteiger partial charge is 0.177 e. The summed E-state index contributed by atoms with van der Waals surface area (Å²) < 4.78 is 0. The number of allylic oxidation sites excluding steroid dienone is 1. The number of nitrogens with zero attached hydrogens (tertiary/aromatic N) is 1. The summed E-state index contributed by atoms with van der Waals surface area (Å²) in [7, 11) is 0. The largest absolute Gasteiger partial charge is 0.293 e. The van der Waals surface area contributed by atoms with Crippen molar-refractivity contribution in [1.29, 1.82) is 0 Å². The molecule has 0 aliphatic carbocycles. The fourth-order valence-corrected chi connectivity index (χ4v) is 1.53. The van der Waals surface area contributed by atoms with E-state index < -0.39 is 0 Å². The Morgan fingerprint density at radius 3 is 2.75 bits per heavy atom. The molecule has 0 spiro atoms. The van der Waals surface area contributed by atoms with Crippen LogP contribution in [0.5, 0.6) is 0 Å². The summed E-state index contributed by atoms with van der Waals surface area (Å²) in [6, 6.07) is 0. The molecule has 1 heterocycles. The lowest BCUT2D eigenvalue weighted by Gasteiger charge is -2.10. The van der Waals surface area contributed by atoms with Gasteiger partial charge in [-0.15, -0.1) is 0 Å². The van der Waals surface area contributed by atoms with Gasteiger partial charge in [-0.25, -0.2) is 0 Å². The van der Waals surface area contributed by atoms with Crippen molar-refractivity contribution >= 4 is 11.5 Å². The van der Waals surface area contributed by atoms with Gasteiger partial charge in [0.2, 0.25) is 0 Å². The van der Waals surface area contributed by atoms with Crippen LogP contribution in [0.4, 0.5) is 0 Å². The second-order valence-corrected chi connectivity index (χ2v) is 3.13. The Hall–Kier alpha value is -0.920. The molecule has 0 aromatic rings. The highest BCUT2D eigenvalue weighted by molar-refractivity contribution is 6.41. The van der Waals surface area contributed by atoms with Crippen LogP contribution in [-0.2, 0) is 4.79 Å². The Morgan fingerprint density at radius 1 is 1.58 bits per heavy atom. The maximum atomic E-state index is 11.4. The second-order valence-electron chi connectivity index (χ2n) is 3.13. The van der Waals surface area contributed by atoms with Crippen molar-refractivity contribution in [1.82, 2.24) is 0 Å². The molecule has 1 aliphatic heterocycles. The molecule has 0 amide bonds. The predicted octanol–water partition coefficient (Wildman–Crippen LogP) is 2.35. The number of hydrogen-bond donors (Lipinski definition) is 0. The van der Waals surface area contributed by atoms with E-state index in [1.54, 1.807) is 0 Å². The third-order valence-electron chi connectivity index (χ3n) is 2.30. The number of hydrogen-bond acceptors (Lipinski definition) is 2. The number of carbonyl (C=O) groups excluding carboxylic acids is 1. The molecule has 0 N–H and O–H groups in total. The topological polar surface area (TPSA) is 29.4 Å². The van der Waals surface area contributed by atoms with E-state index in [2.05, 4.69) is 11.9 Å². The van der Waals surface area contributed by atoms with E-state index in [0.717, 1.165) is 12.1 Å². The number of aliphatic imine (C=N–C) groups is 1. The summed E-state index contributed by atoms with van der Waals surface area (Å²) in [5, 5.41) is 0. The Morgan fingerprint density at radius 2 is 2.25 bits per heavy atom. The van der Waals surface area contributed by atoms with Crippen LogP contribution in [0.15, 0.2) is 16.8 Å². The van der Waals surface area contributed by atoms with E-state index in [9.17, 15) is 4.79 Å². The molecular formula is C10H15NO. The van der Waals surface area contributed by atoms with Crippen molar-refractivity contribution in [2.24, 2.45) is 10.9 Å². The quantitative estimate of drug-likeness (QED) is 0.631. The first-order valence-electron chi connectivity index (χ1n) is 4.48. The van der Waals surface area contributed by atoms with E-state index in [1.165, 1.54) is 5.57 Å². The molecule has 0 aromatic carbocycles. The highest BCUT2D eigenvalue weighted by Gasteiger charge is 2.24. The average molecular weight is 165 g/mol. The molecule has 1 rings (SSSR count). The zero-order valence-electron chi connectivity index (χ0n) is 7.92. The summed E-state index contributed by atoms with van der Waals surface area (Å²) in [6.07, 6.45) is 3.36. The van der Waals surface area contributed by atoms with Gasteiger partial charge in [0.25, 0.3) is 0 Å². The number of rotatable bonds is 3. The average Bonchev–Trinajstić information content (AvgIpc) is 2.45. The number of carbonyl (C=O) groups is 1. The standard InChI is InChI=1S/C10H15NO/c1-4-8-7(3)6-11-10(8)9(12)5-2/h6,8H,4-5H2,1-3H3. The molecule has 0 radical (unpaired) electrons. The first-order valence-corrected chi connectivity index (χ1v) is 4.48. The van der Waals surface area contributed by atoms with Crippen LogP contribution >= 0.6 is 0 Å². The lowest BCUT2D eigenvalue weighted by Crippen LogP contribution is -2.20. The van der Waals surface area contributed by atoms with Crippen molar-refractivity contribution in [3.8, 4) is 0 Å². The third-order valence-corrected chi connectivity index (χ3v) is 2.30. The molecule has 0 saturated carbocycles. The van der Waals surface area contributed by atoms with Crippen molar-refractivity contribution < 1.29 is 4.79 Å². The minimum absolute atomic E-state index is 0.190. The van der Waals surface area contributed by atoms with E-state index in [0.29, 0.717) is 6.42 Å². The summed E-state index contributed by atoms with van der Waals surface area (Å²) in [5.41, 5.74) is 1.98. The van der Waals surface area contributed by atoms with Gasteiger partial charge in [-0.2, -0.15) is 0 Å². The van der Waals surface area contributed by atoms with Crippen molar-refractivity contribution in [2.75, 3.05) is 0 Å². The molecule has 66 valence electrons. The second kappa shape index (κ2) is 3.65. The lowest BCUT2D eigenvalue weighted by atomic mass is 9.92. The molecule has 1 aliphatic rings. The normalized spacial score (nSPS) is 22.1. The summed E-state index contributed by atoms with van der Waals surface area (Å²) in [6.45, 7) is 6.00. The molecule has 1 atom stereocenters. The van der Waals surface area contributed by atoms with Crippen LogP contribution in [0.1, 0.15) is 33.6 Å². The molecule has 1 unspecified atom stereocenters. The van der Waals surface area contributed by atoms with Gasteiger partial charge in [-0.1, -0.05) is 13.8 Å². The highest BCUT2D eigenvalue weighted by atomic mass is 16.1. The fourth-order valence-electron chi connectivity index (χ4n) is 1.53. The Balaban J connectivity index is 2.77. The van der Waals surface area contributed by atoms with Gasteiger partial charge in [-0.05, 0) is 18.9 Å². The Bertz CT molecular complexity index is 251. The predicted molar refractivity (Wildman–Crippen MR) is 50.3 cm³/mol. The molecule has 2 nitrogen and oxygen atoms in total. The van der Waals surface area contributed by atoms with Gasteiger partial charge in [-0.3, -0.25) is 9.79 Å². The summed E-state index contributed by atoms with van der Waals surface area (Å²) >= 11 is 0. The Labute approximate surface area is 73.4 Å². The van der Waals surface area contributed by atoms with Crippen LogP contribution in [0.2, 0.25) is 0 Å². The minimum atomic E-state index is 0.190. The molecule has 12 heavy (non-hydrogen) atoms. The van der Waals surface area contributed by atoms with Crippen LogP contribution < -0.4 is 0 Å². The summed E-state index contributed by atoms with van der Waals surface area (Å²) in [5.74, 6) is 0.479. The molecule has 0 fully saturated rings. The lowest BCUT2D eigenvalue weighted by molar-refractivity contribution is -0.112. The SMILES string of the molecule is CCC(=O)C1=NC=C(C)C1CC. The zero-order chi connectivity index (χ0) is 9.14. The van der Waals surface area contributed by atoms with Crippen LogP contribution in [0.3, 0.4) is 0 Å². The maximum absolute atomic E-state index is 11.4. The van der Waals surface area contributed by atoms with Gasteiger partial charge >= 0.3 is 0 Å². The van der Waals surface area contributed by atoms with Crippen LogP contribution in [0.25, 0.3) is 0 Å². The zero-order valence-corrected chi connectivity index (χ0v) is 7.92. The third kappa shape index (κ3) is 1.47. The number of Topliss-reactive ketones (excluding diaryl/α,β-unsaturated/α-hetero) is 1. The highest BCUT2D eigenvalue weighted by Crippen LogP contribution is 2.23. The van der Waals surface area contributed by atoms with Crippen molar-refractivity contribution in [3.05, 3.63) is 11.8 Å². The van der Waals surface area contributed by atoms with Gasteiger partial charge in [0, 0.05) is 18.5 Å². The van der Waals surface area contributed by atoms with E-state index >= 15 is 0 Å².